The van der Waals surface area contributed by atoms with Crippen molar-refractivity contribution >= 4 is 27.9 Å². The SMILES string of the molecule is COCCOC(=O)C1=C(C)N(C)C(=O)N[C@@H]1c1cc(Br)c(O)c(OC)c1. The number of phenols is 1. The van der Waals surface area contributed by atoms with Crippen LogP contribution in [-0.2, 0) is 14.3 Å². The second kappa shape index (κ2) is 8.41. The Morgan fingerprint density at radius 1 is 1.35 bits per heavy atom. The quantitative estimate of drug-likeness (QED) is 0.532. The average molecular weight is 429 g/mol. The topological polar surface area (TPSA) is 97.3 Å². The molecule has 0 aromatic heterocycles. The zero-order chi connectivity index (χ0) is 19.4. The lowest BCUT2D eigenvalue weighted by atomic mass is 9.94. The zero-order valence-electron chi connectivity index (χ0n) is 15.0. The molecule has 1 aromatic carbocycles. The van der Waals surface area contributed by atoms with Crippen LogP contribution in [0.25, 0.3) is 0 Å². The van der Waals surface area contributed by atoms with Crippen molar-refractivity contribution in [3.63, 3.8) is 0 Å². The molecule has 9 heteroatoms. The number of phenolic OH excluding ortho intramolecular Hbond substituents is 1. The first-order chi connectivity index (χ1) is 12.3. The Hall–Kier alpha value is -2.26. The van der Waals surface area contributed by atoms with Crippen LogP contribution in [0.3, 0.4) is 0 Å². The van der Waals surface area contributed by atoms with Crippen molar-refractivity contribution in [2.45, 2.75) is 13.0 Å². The molecular formula is C17H21BrN2O6. The number of carbonyl (C=O) groups excluding carboxylic acids is 2. The highest BCUT2D eigenvalue weighted by molar-refractivity contribution is 9.10. The minimum atomic E-state index is -0.750. The molecule has 0 bridgehead atoms. The van der Waals surface area contributed by atoms with Gasteiger partial charge in [0.1, 0.15) is 6.61 Å². The number of nitrogens with zero attached hydrogens (tertiary/aromatic N) is 1. The van der Waals surface area contributed by atoms with E-state index in [9.17, 15) is 14.7 Å². The molecule has 1 aliphatic rings. The molecule has 2 N–H and O–H groups in total. The van der Waals surface area contributed by atoms with E-state index in [1.165, 1.54) is 19.1 Å². The summed E-state index contributed by atoms with van der Waals surface area (Å²) in [6.45, 7) is 2.04. The third-order valence-electron chi connectivity index (χ3n) is 4.10. The van der Waals surface area contributed by atoms with Gasteiger partial charge in [0.2, 0.25) is 0 Å². The highest BCUT2D eigenvalue weighted by Crippen LogP contribution is 2.40. The van der Waals surface area contributed by atoms with Crippen LogP contribution in [0.2, 0.25) is 0 Å². The minimum Gasteiger partial charge on any atom is -0.503 e. The van der Waals surface area contributed by atoms with E-state index in [0.29, 0.717) is 21.3 Å². The van der Waals surface area contributed by atoms with E-state index in [-0.39, 0.29) is 30.7 Å². The Balaban J connectivity index is 2.49. The molecule has 0 aliphatic carbocycles. The van der Waals surface area contributed by atoms with Crippen LogP contribution < -0.4 is 10.1 Å². The smallest absolute Gasteiger partial charge is 0.338 e. The van der Waals surface area contributed by atoms with Gasteiger partial charge in [-0.1, -0.05) is 0 Å². The van der Waals surface area contributed by atoms with Gasteiger partial charge >= 0.3 is 12.0 Å². The van der Waals surface area contributed by atoms with Crippen LogP contribution in [0.5, 0.6) is 11.5 Å². The van der Waals surface area contributed by atoms with Gasteiger partial charge in [-0.25, -0.2) is 9.59 Å². The molecule has 0 saturated heterocycles. The standard InChI is InChI=1S/C17H21BrN2O6/c1-9-13(16(22)26-6-5-24-3)14(19-17(23)20(9)2)10-7-11(18)15(21)12(8-10)25-4/h7-8,14,21H,5-6H2,1-4H3,(H,19,23)/t14-/m1/s1. The van der Waals surface area contributed by atoms with Crippen LogP contribution in [0, 0.1) is 0 Å². The Morgan fingerprint density at radius 2 is 2.04 bits per heavy atom. The van der Waals surface area contributed by atoms with Crippen molar-refractivity contribution in [2.75, 3.05) is 34.5 Å². The van der Waals surface area contributed by atoms with E-state index in [2.05, 4.69) is 21.2 Å². The lowest BCUT2D eigenvalue weighted by Gasteiger charge is -2.33. The van der Waals surface area contributed by atoms with Crippen LogP contribution >= 0.6 is 15.9 Å². The Bertz CT molecular complexity index is 749. The number of urea groups is 1. The van der Waals surface area contributed by atoms with E-state index in [0.717, 1.165) is 0 Å². The second-order valence-electron chi connectivity index (χ2n) is 5.62. The van der Waals surface area contributed by atoms with Gasteiger partial charge in [0.15, 0.2) is 11.5 Å². The number of amides is 2. The molecule has 1 aromatic rings. The molecule has 0 fully saturated rings. The van der Waals surface area contributed by atoms with Crippen molar-refractivity contribution in [3.05, 3.63) is 33.4 Å². The fourth-order valence-corrected chi connectivity index (χ4v) is 3.02. The predicted octanol–water partition coefficient (Wildman–Crippen LogP) is 2.32. The monoisotopic (exact) mass is 428 g/mol. The summed E-state index contributed by atoms with van der Waals surface area (Å²) in [5.74, 6) is -0.410. The third-order valence-corrected chi connectivity index (χ3v) is 4.70. The summed E-state index contributed by atoms with van der Waals surface area (Å²) in [6.07, 6.45) is 0. The number of allylic oxidation sites excluding steroid dienone is 1. The fraction of sp³-hybridized carbons (Fsp3) is 0.412. The maximum absolute atomic E-state index is 12.6. The van der Waals surface area contributed by atoms with Gasteiger partial charge in [0.05, 0.1) is 29.8 Å². The van der Waals surface area contributed by atoms with E-state index >= 15 is 0 Å². The van der Waals surface area contributed by atoms with Crippen LogP contribution in [0.15, 0.2) is 27.9 Å². The molecule has 0 spiro atoms. The van der Waals surface area contributed by atoms with Crippen molar-refractivity contribution in [3.8, 4) is 11.5 Å². The van der Waals surface area contributed by atoms with Gasteiger partial charge in [0, 0.05) is 19.9 Å². The molecule has 142 valence electrons. The summed E-state index contributed by atoms with van der Waals surface area (Å²) in [5.41, 5.74) is 1.33. The van der Waals surface area contributed by atoms with Crippen molar-refractivity contribution in [2.24, 2.45) is 0 Å². The molecule has 0 radical (unpaired) electrons. The first-order valence-corrected chi connectivity index (χ1v) is 8.58. The lowest BCUT2D eigenvalue weighted by Crippen LogP contribution is -2.46. The lowest BCUT2D eigenvalue weighted by molar-refractivity contribution is -0.140. The molecule has 0 unspecified atom stereocenters. The number of rotatable bonds is 6. The van der Waals surface area contributed by atoms with Gasteiger partial charge < -0.3 is 29.5 Å². The fourth-order valence-electron chi connectivity index (χ4n) is 2.56. The predicted molar refractivity (Wildman–Crippen MR) is 96.9 cm³/mol. The molecule has 26 heavy (non-hydrogen) atoms. The van der Waals surface area contributed by atoms with Gasteiger partial charge in [-0.15, -0.1) is 0 Å². The summed E-state index contributed by atoms with van der Waals surface area (Å²) >= 11 is 3.25. The maximum atomic E-state index is 12.6. The van der Waals surface area contributed by atoms with E-state index < -0.39 is 12.0 Å². The van der Waals surface area contributed by atoms with Gasteiger partial charge in [-0.05, 0) is 40.5 Å². The van der Waals surface area contributed by atoms with Crippen LogP contribution in [-0.4, -0.2) is 56.5 Å². The number of halogens is 1. The van der Waals surface area contributed by atoms with Gasteiger partial charge in [-0.2, -0.15) is 0 Å². The largest absolute Gasteiger partial charge is 0.503 e. The average Bonchev–Trinajstić information content (AvgIpc) is 2.61. The maximum Gasteiger partial charge on any atom is 0.338 e. The van der Waals surface area contributed by atoms with E-state index in [4.69, 9.17) is 14.2 Å². The molecule has 0 saturated carbocycles. The van der Waals surface area contributed by atoms with Gasteiger partial charge in [-0.3, -0.25) is 0 Å². The number of esters is 1. The number of ether oxygens (including phenoxy) is 3. The highest BCUT2D eigenvalue weighted by Gasteiger charge is 2.35. The molecule has 1 heterocycles. The summed E-state index contributed by atoms with van der Waals surface area (Å²) < 4.78 is 15.7. The number of aromatic hydroxyl groups is 1. The van der Waals surface area contributed by atoms with Crippen molar-refractivity contribution in [1.82, 2.24) is 10.2 Å². The third kappa shape index (κ3) is 3.94. The van der Waals surface area contributed by atoms with E-state index in [1.807, 2.05) is 0 Å². The van der Waals surface area contributed by atoms with Crippen molar-refractivity contribution in [1.29, 1.82) is 0 Å². The number of carbonyl (C=O) groups is 2. The molecule has 1 atom stereocenters. The van der Waals surface area contributed by atoms with Crippen molar-refractivity contribution < 1.29 is 28.9 Å². The number of hydrogen-bond acceptors (Lipinski definition) is 6. The molecule has 8 nitrogen and oxygen atoms in total. The summed E-state index contributed by atoms with van der Waals surface area (Å²) in [5, 5.41) is 12.8. The number of methoxy groups -OCH3 is 2. The first-order valence-electron chi connectivity index (χ1n) is 7.79. The Morgan fingerprint density at radius 3 is 2.65 bits per heavy atom. The summed E-state index contributed by atoms with van der Waals surface area (Å²) in [4.78, 5) is 26.2. The number of benzene rings is 1. The zero-order valence-corrected chi connectivity index (χ0v) is 16.5. The molecule has 2 amide bonds. The first kappa shape index (κ1) is 20.1. The van der Waals surface area contributed by atoms with Crippen LogP contribution in [0.4, 0.5) is 4.79 Å². The number of nitrogens with one attached hydrogen (secondary N) is 1. The normalized spacial score (nSPS) is 17.2. The Kier molecular flexibility index (Phi) is 6.49. The van der Waals surface area contributed by atoms with E-state index in [1.54, 1.807) is 26.1 Å². The molecule has 2 rings (SSSR count). The minimum absolute atomic E-state index is 0.0690. The number of hydrogen-bond donors (Lipinski definition) is 2. The second-order valence-corrected chi connectivity index (χ2v) is 6.48. The Labute approximate surface area is 159 Å². The summed E-state index contributed by atoms with van der Waals surface area (Å²) in [7, 11) is 4.49. The highest BCUT2D eigenvalue weighted by atomic mass is 79.9. The molecular weight excluding hydrogens is 408 g/mol. The summed E-state index contributed by atoms with van der Waals surface area (Å²) in [6, 6.07) is 2.07. The van der Waals surface area contributed by atoms with Gasteiger partial charge in [0.25, 0.3) is 0 Å². The van der Waals surface area contributed by atoms with Crippen LogP contribution in [0.1, 0.15) is 18.5 Å². The molecule has 1 aliphatic heterocycles.